The molecule has 0 aromatic carbocycles. The first kappa shape index (κ1) is 17.0. The van der Waals surface area contributed by atoms with Crippen LogP contribution in [0.3, 0.4) is 0 Å². The van der Waals surface area contributed by atoms with Crippen molar-refractivity contribution in [2.75, 3.05) is 0 Å². The largest absolute Gasteiger partial charge is 0.481 e. The molecule has 0 heterocycles. The fraction of sp³-hybridized carbons (Fsp3) is 0.667. The van der Waals surface area contributed by atoms with Crippen LogP contribution in [0.25, 0.3) is 0 Å². The number of carbonyl (C=O) groups is 1. The molecule has 0 aromatic heterocycles. The van der Waals surface area contributed by atoms with E-state index >= 15 is 0 Å². The van der Waals surface area contributed by atoms with E-state index < -0.39 is 18.2 Å². The van der Waals surface area contributed by atoms with Crippen molar-refractivity contribution in [1.82, 2.24) is 0 Å². The molecule has 112 valence electrons. The molecule has 4 atom stereocenters. The molecule has 0 aliphatic heterocycles. The van der Waals surface area contributed by atoms with Gasteiger partial charge in [0.1, 0.15) is 7.85 Å². The third-order valence-corrected chi connectivity index (χ3v) is 3.85. The molecular formula is C15H25BO4. The van der Waals surface area contributed by atoms with Crippen molar-refractivity contribution in [2.45, 2.75) is 50.6 Å². The molecule has 0 radical (unpaired) electrons. The molecule has 5 heteroatoms. The number of carboxylic acid groups (broad SMARTS) is 1. The van der Waals surface area contributed by atoms with Crippen molar-refractivity contribution < 1.29 is 20.1 Å². The van der Waals surface area contributed by atoms with E-state index in [1.165, 1.54) is 0 Å². The second-order valence-corrected chi connectivity index (χ2v) is 5.44. The van der Waals surface area contributed by atoms with Crippen molar-refractivity contribution in [1.29, 1.82) is 0 Å². The predicted molar refractivity (Wildman–Crippen MR) is 81.3 cm³/mol. The Balaban J connectivity index is 2.41. The van der Waals surface area contributed by atoms with Crippen molar-refractivity contribution in [2.24, 2.45) is 11.8 Å². The Bertz CT molecular complexity index is 354. The third kappa shape index (κ3) is 5.51. The van der Waals surface area contributed by atoms with Gasteiger partial charge in [-0.05, 0) is 25.2 Å². The predicted octanol–water partition coefficient (Wildman–Crippen LogP) is 1.15. The van der Waals surface area contributed by atoms with E-state index in [9.17, 15) is 15.0 Å². The normalized spacial score (nSPS) is 30.5. The van der Waals surface area contributed by atoms with Crippen LogP contribution in [0.1, 0.15) is 32.1 Å². The number of aliphatic carboxylic acids is 1. The Morgan fingerprint density at radius 2 is 1.95 bits per heavy atom. The number of hydrogen-bond acceptors (Lipinski definition) is 3. The second kappa shape index (κ2) is 8.98. The zero-order valence-electron chi connectivity index (χ0n) is 12.1. The Labute approximate surface area is 121 Å². The summed E-state index contributed by atoms with van der Waals surface area (Å²) in [5.41, 5.74) is 0. The topological polar surface area (TPSA) is 77.8 Å². The minimum absolute atomic E-state index is 0.0219. The van der Waals surface area contributed by atoms with Crippen LogP contribution in [0.4, 0.5) is 0 Å². The van der Waals surface area contributed by atoms with Crippen LogP contribution in [-0.4, -0.2) is 41.3 Å². The average molecular weight is 280 g/mol. The van der Waals surface area contributed by atoms with Crippen LogP contribution in [0, 0.1) is 11.8 Å². The molecule has 1 aliphatic carbocycles. The standard InChI is InChI=1S/C15H25BO4/c16-9-5-7-12-11(13(17)10-14(12)18)6-3-1-2-4-8-15(19)20/h1,3,5,7,11-14,17-18H,2,4,6,8-10,16H2,(H,19,20)/b3-1-,7-5+/t11-,12-,13+,14-/m1/s1. The van der Waals surface area contributed by atoms with Crippen LogP contribution < -0.4 is 0 Å². The number of unbranched alkanes of at least 4 members (excludes halogenated alkanes) is 1. The van der Waals surface area contributed by atoms with Gasteiger partial charge in [0.2, 0.25) is 0 Å². The summed E-state index contributed by atoms with van der Waals surface area (Å²) >= 11 is 0. The summed E-state index contributed by atoms with van der Waals surface area (Å²) in [5, 5.41) is 28.5. The lowest BCUT2D eigenvalue weighted by molar-refractivity contribution is -0.137. The maximum atomic E-state index is 10.4. The number of allylic oxidation sites excluding steroid dienone is 3. The van der Waals surface area contributed by atoms with E-state index in [0.717, 1.165) is 19.2 Å². The molecule has 20 heavy (non-hydrogen) atoms. The van der Waals surface area contributed by atoms with Gasteiger partial charge in [0.25, 0.3) is 0 Å². The highest BCUT2D eigenvalue weighted by molar-refractivity contribution is 6.09. The Kier molecular flexibility index (Phi) is 7.63. The summed E-state index contributed by atoms with van der Waals surface area (Å²) in [6.07, 6.45) is 10.8. The molecule has 0 unspecified atom stereocenters. The molecule has 1 fully saturated rings. The first-order valence-corrected chi connectivity index (χ1v) is 7.45. The summed E-state index contributed by atoms with van der Waals surface area (Å²) in [4.78, 5) is 10.4. The van der Waals surface area contributed by atoms with Gasteiger partial charge >= 0.3 is 5.97 Å². The Morgan fingerprint density at radius 1 is 1.20 bits per heavy atom. The molecular weight excluding hydrogens is 255 g/mol. The van der Waals surface area contributed by atoms with E-state index in [1.807, 2.05) is 32.2 Å². The third-order valence-electron chi connectivity index (χ3n) is 3.85. The van der Waals surface area contributed by atoms with Crippen LogP contribution in [0.5, 0.6) is 0 Å². The van der Waals surface area contributed by atoms with Crippen molar-refractivity contribution >= 4 is 13.8 Å². The highest BCUT2D eigenvalue weighted by Gasteiger charge is 2.39. The van der Waals surface area contributed by atoms with E-state index in [-0.39, 0.29) is 18.3 Å². The van der Waals surface area contributed by atoms with E-state index in [1.54, 1.807) is 0 Å². The highest BCUT2D eigenvalue weighted by atomic mass is 16.4. The Hall–Kier alpha value is -1.07. The molecule has 0 saturated heterocycles. The maximum Gasteiger partial charge on any atom is 0.303 e. The summed E-state index contributed by atoms with van der Waals surface area (Å²) < 4.78 is 0. The average Bonchev–Trinajstić information content (AvgIpc) is 2.65. The minimum atomic E-state index is -0.766. The fourth-order valence-corrected chi connectivity index (χ4v) is 2.74. The number of rotatable bonds is 8. The summed E-state index contributed by atoms with van der Waals surface area (Å²) in [7, 11) is 2.05. The van der Waals surface area contributed by atoms with Gasteiger partial charge in [-0.15, -0.1) is 0 Å². The summed E-state index contributed by atoms with van der Waals surface area (Å²) in [6.45, 7) is 0. The maximum absolute atomic E-state index is 10.4. The van der Waals surface area contributed by atoms with Gasteiger partial charge < -0.3 is 15.3 Å². The SMILES string of the molecule is BC/C=C/[C@@H]1[C@@H](C/C=C\CCCC(=O)O)[C@@H](O)C[C@H]1O. The van der Waals surface area contributed by atoms with Gasteiger partial charge in [0.15, 0.2) is 0 Å². The van der Waals surface area contributed by atoms with E-state index in [2.05, 4.69) is 0 Å². The van der Waals surface area contributed by atoms with E-state index in [4.69, 9.17) is 5.11 Å². The second-order valence-electron chi connectivity index (χ2n) is 5.44. The lowest BCUT2D eigenvalue weighted by Crippen LogP contribution is -2.19. The monoisotopic (exact) mass is 280 g/mol. The van der Waals surface area contributed by atoms with Gasteiger partial charge in [-0.3, -0.25) is 4.79 Å². The molecule has 0 spiro atoms. The molecule has 0 aromatic rings. The van der Waals surface area contributed by atoms with Gasteiger partial charge in [0.05, 0.1) is 12.2 Å². The summed E-state index contributed by atoms with van der Waals surface area (Å²) in [5.74, 6) is -0.686. The molecule has 1 aliphatic rings. The number of hydrogen-bond donors (Lipinski definition) is 3. The first-order valence-electron chi connectivity index (χ1n) is 7.45. The Morgan fingerprint density at radius 3 is 2.60 bits per heavy atom. The van der Waals surface area contributed by atoms with E-state index in [0.29, 0.717) is 12.8 Å². The number of aliphatic hydroxyl groups excluding tert-OH is 2. The minimum Gasteiger partial charge on any atom is -0.481 e. The van der Waals surface area contributed by atoms with Gasteiger partial charge in [-0.25, -0.2) is 0 Å². The smallest absolute Gasteiger partial charge is 0.303 e. The zero-order valence-corrected chi connectivity index (χ0v) is 12.1. The van der Waals surface area contributed by atoms with Crippen molar-refractivity contribution in [3.05, 3.63) is 24.3 Å². The zero-order chi connectivity index (χ0) is 15.0. The molecule has 3 N–H and O–H groups in total. The highest BCUT2D eigenvalue weighted by Crippen LogP contribution is 2.36. The molecule has 0 bridgehead atoms. The van der Waals surface area contributed by atoms with Crippen LogP contribution >= 0.6 is 0 Å². The van der Waals surface area contributed by atoms with Gasteiger partial charge in [-0.1, -0.05) is 30.6 Å². The van der Waals surface area contributed by atoms with Crippen molar-refractivity contribution in [3.63, 3.8) is 0 Å². The fourth-order valence-electron chi connectivity index (χ4n) is 2.74. The molecule has 1 saturated carbocycles. The number of carboxylic acids is 1. The first-order chi connectivity index (χ1) is 9.56. The molecule has 4 nitrogen and oxygen atoms in total. The molecule has 1 rings (SSSR count). The number of aliphatic hydroxyl groups is 2. The van der Waals surface area contributed by atoms with Crippen LogP contribution in [0.15, 0.2) is 24.3 Å². The van der Waals surface area contributed by atoms with Gasteiger partial charge in [-0.2, -0.15) is 0 Å². The lowest BCUT2D eigenvalue weighted by atomic mass is 9.89. The molecule has 0 amide bonds. The lowest BCUT2D eigenvalue weighted by Gasteiger charge is -2.19. The van der Waals surface area contributed by atoms with Crippen LogP contribution in [-0.2, 0) is 4.79 Å². The quantitative estimate of drug-likeness (QED) is 0.354. The van der Waals surface area contributed by atoms with Gasteiger partial charge in [0, 0.05) is 18.8 Å². The van der Waals surface area contributed by atoms with Crippen molar-refractivity contribution in [3.8, 4) is 0 Å². The van der Waals surface area contributed by atoms with Crippen LogP contribution in [0.2, 0.25) is 6.32 Å². The summed E-state index contributed by atoms with van der Waals surface area (Å²) in [6, 6.07) is 0.